The summed E-state index contributed by atoms with van der Waals surface area (Å²) in [4.78, 5) is 7.00. The third-order valence-corrected chi connectivity index (χ3v) is 3.09. The Morgan fingerprint density at radius 2 is 1.88 bits per heavy atom. The van der Waals surface area contributed by atoms with Gasteiger partial charge in [-0.05, 0) is 38.3 Å². The number of pyridine rings is 1. The van der Waals surface area contributed by atoms with E-state index in [2.05, 4.69) is 49.7 Å². The fourth-order valence-corrected chi connectivity index (χ4v) is 2.12. The number of anilines is 1. The Balaban J connectivity index is 2.98. The van der Waals surface area contributed by atoms with Crippen molar-refractivity contribution in [3.63, 3.8) is 0 Å². The molecule has 0 unspecified atom stereocenters. The topological polar surface area (TPSA) is 16.1 Å². The second-order valence-electron chi connectivity index (χ2n) is 5.19. The van der Waals surface area contributed by atoms with E-state index >= 15 is 0 Å². The molecule has 0 radical (unpaired) electrons. The Morgan fingerprint density at radius 1 is 1.24 bits per heavy atom. The molecule has 0 aromatic carbocycles. The van der Waals surface area contributed by atoms with Crippen LogP contribution in [0.15, 0.2) is 12.1 Å². The minimum Gasteiger partial charge on any atom is -0.354 e. The average molecular weight is 255 g/mol. The zero-order valence-corrected chi connectivity index (χ0v) is 12.3. The first kappa shape index (κ1) is 14.3. The molecule has 1 heterocycles. The van der Waals surface area contributed by atoms with Crippen LogP contribution in [0.4, 0.5) is 5.82 Å². The Hall–Kier alpha value is -0.760. The first-order valence-electron chi connectivity index (χ1n) is 6.24. The number of hydrogen-bond donors (Lipinski definition) is 0. The van der Waals surface area contributed by atoms with Gasteiger partial charge < -0.3 is 4.90 Å². The molecule has 1 aromatic heterocycles. The highest BCUT2D eigenvalue weighted by Crippen LogP contribution is 2.19. The van der Waals surface area contributed by atoms with Gasteiger partial charge >= 0.3 is 0 Å². The molecule has 0 atom stereocenters. The maximum Gasteiger partial charge on any atom is 0.129 e. The molecule has 0 saturated carbocycles. The molecule has 1 rings (SSSR count). The summed E-state index contributed by atoms with van der Waals surface area (Å²) in [5.74, 6) is 2.22. The minimum atomic E-state index is 0.464. The summed E-state index contributed by atoms with van der Waals surface area (Å²) in [6.07, 6.45) is 0. The van der Waals surface area contributed by atoms with E-state index in [4.69, 9.17) is 11.6 Å². The van der Waals surface area contributed by atoms with Crippen LogP contribution in [-0.4, -0.2) is 17.6 Å². The SMILES string of the molecule is Cc1nc(N(CC(C)C)C(C)C)ccc1CCl. The Bertz CT molecular complexity index is 361. The molecule has 0 amide bonds. The molecule has 0 aliphatic carbocycles. The van der Waals surface area contributed by atoms with E-state index in [1.807, 2.05) is 6.92 Å². The summed E-state index contributed by atoms with van der Waals surface area (Å²) < 4.78 is 0. The van der Waals surface area contributed by atoms with E-state index < -0.39 is 0 Å². The van der Waals surface area contributed by atoms with Crippen molar-refractivity contribution in [1.29, 1.82) is 0 Å². The van der Waals surface area contributed by atoms with Crippen molar-refractivity contribution < 1.29 is 0 Å². The van der Waals surface area contributed by atoms with Crippen molar-refractivity contribution in [3.05, 3.63) is 23.4 Å². The molecule has 0 aliphatic heterocycles. The number of aryl methyl sites for hydroxylation is 1. The second kappa shape index (κ2) is 6.25. The number of aromatic nitrogens is 1. The Labute approximate surface area is 110 Å². The van der Waals surface area contributed by atoms with E-state index in [1.54, 1.807) is 0 Å². The van der Waals surface area contributed by atoms with E-state index in [1.165, 1.54) is 0 Å². The number of nitrogens with zero attached hydrogens (tertiary/aromatic N) is 2. The largest absolute Gasteiger partial charge is 0.354 e. The van der Waals surface area contributed by atoms with Gasteiger partial charge in [0.1, 0.15) is 5.82 Å². The third-order valence-electron chi connectivity index (χ3n) is 2.80. The van der Waals surface area contributed by atoms with Crippen molar-refractivity contribution in [1.82, 2.24) is 4.98 Å². The fourth-order valence-electron chi connectivity index (χ4n) is 1.84. The van der Waals surface area contributed by atoms with Crippen molar-refractivity contribution in [2.24, 2.45) is 5.92 Å². The first-order valence-corrected chi connectivity index (χ1v) is 6.78. The molecule has 0 fully saturated rings. The van der Waals surface area contributed by atoms with Gasteiger partial charge in [0.15, 0.2) is 0 Å². The summed E-state index contributed by atoms with van der Waals surface area (Å²) in [7, 11) is 0. The van der Waals surface area contributed by atoms with Crippen LogP contribution in [0, 0.1) is 12.8 Å². The lowest BCUT2D eigenvalue weighted by molar-refractivity contribution is 0.565. The zero-order valence-electron chi connectivity index (χ0n) is 11.5. The molecule has 0 N–H and O–H groups in total. The number of hydrogen-bond acceptors (Lipinski definition) is 2. The van der Waals surface area contributed by atoms with E-state index in [-0.39, 0.29) is 0 Å². The summed E-state index contributed by atoms with van der Waals surface area (Å²) in [5.41, 5.74) is 2.15. The van der Waals surface area contributed by atoms with Gasteiger partial charge in [-0.2, -0.15) is 0 Å². The molecule has 96 valence electrons. The zero-order chi connectivity index (χ0) is 13.0. The Kier molecular flexibility index (Phi) is 5.26. The average Bonchev–Trinajstić information content (AvgIpc) is 2.25. The highest BCUT2D eigenvalue weighted by molar-refractivity contribution is 6.17. The van der Waals surface area contributed by atoms with Gasteiger partial charge in [-0.1, -0.05) is 19.9 Å². The van der Waals surface area contributed by atoms with Gasteiger partial charge in [0.2, 0.25) is 0 Å². The molecular formula is C14H23ClN2. The summed E-state index contributed by atoms with van der Waals surface area (Å²) in [6, 6.07) is 4.62. The van der Waals surface area contributed by atoms with Crippen molar-refractivity contribution in [3.8, 4) is 0 Å². The van der Waals surface area contributed by atoms with Crippen LogP contribution in [0.5, 0.6) is 0 Å². The number of halogens is 1. The third kappa shape index (κ3) is 3.88. The molecule has 17 heavy (non-hydrogen) atoms. The lowest BCUT2D eigenvalue weighted by atomic mass is 10.1. The normalized spacial score (nSPS) is 11.3. The van der Waals surface area contributed by atoms with Crippen molar-refractivity contribution in [2.45, 2.75) is 46.5 Å². The van der Waals surface area contributed by atoms with Crippen molar-refractivity contribution >= 4 is 17.4 Å². The molecule has 0 bridgehead atoms. The molecule has 1 aromatic rings. The van der Waals surface area contributed by atoms with Crippen LogP contribution in [0.1, 0.15) is 39.0 Å². The van der Waals surface area contributed by atoms with Crippen LogP contribution in [-0.2, 0) is 5.88 Å². The van der Waals surface area contributed by atoms with Crippen LogP contribution < -0.4 is 4.90 Å². The lowest BCUT2D eigenvalue weighted by Gasteiger charge is -2.30. The number of alkyl halides is 1. The standard InChI is InChI=1S/C14H23ClN2/c1-10(2)9-17(11(3)4)14-7-6-13(8-15)12(5)16-14/h6-7,10-11H,8-9H2,1-5H3. The van der Waals surface area contributed by atoms with Crippen LogP contribution >= 0.6 is 11.6 Å². The predicted molar refractivity (Wildman–Crippen MR) is 75.9 cm³/mol. The monoisotopic (exact) mass is 254 g/mol. The quantitative estimate of drug-likeness (QED) is 0.739. The van der Waals surface area contributed by atoms with E-state index in [9.17, 15) is 0 Å². The fraction of sp³-hybridized carbons (Fsp3) is 0.643. The van der Waals surface area contributed by atoms with Crippen LogP contribution in [0.2, 0.25) is 0 Å². The van der Waals surface area contributed by atoms with Crippen molar-refractivity contribution in [2.75, 3.05) is 11.4 Å². The van der Waals surface area contributed by atoms with E-state index in [0.29, 0.717) is 17.8 Å². The molecule has 0 saturated heterocycles. The number of rotatable bonds is 5. The highest BCUT2D eigenvalue weighted by Gasteiger charge is 2.14. The van der Waals surface area contributed by atoms with Gasteiger partial charge in [0.25, 0.3) is 0 Å². The van der Waals surface area contributed by atoms with Gasteiger partial charge in [-0.3, -0.25) is 0 Å². The molecular weight excluding hydrogens is 232 g/mol. The summed E-state index contributed by atoms with van der Waals surface area (Å²) in [6.45, 7) is 11.9. The van der Waals surface area contributed by atoms with Crippen LogP contribution in [0.3, 0.4) is 0 Å². The predicted octanol–water partition coefficient (Wildman–Crippen LogP) is 4.00. The Morgan fingerprint density at radius 3 is 2.29 bits per heavy atom. The highest BCUT2D eigenvalue weighted by atomic mass is 35.5. The van der Waals surface area contributed by atoms with Gasteiger partial charge in [-0.25, -0.2) is 4.98 Å². The first-order chi connectivity index (χ1) is 7.95. The molecule has 0 aliphatic rings. The summed E-state index contributed by atoms with van der Waals surface area (Å²) in [5, 5.41) is 0. The minimum absolute atomic E-state index is 0.464. The maximum absolute atomic E-state index is 5.86. The molecule has 3 heteroatoms. The van der Waals surface area contributed by atoms with E-state index in [0.717, 1.165) is 23.6 Å². The molecule has 0 spiro atoms. The second-order valence-corrected chi connectivity index (χ2v) is 5.45. The smallest absolute Gasteiger partial charge is 0.129 e. The van der Waals surface area contributed by atoms with Gasteiger partial charge in [-0.15, -0.1) is 11.6 Å². The summed E-state index contributed by atoms with van der Waals surface area (Å²) >= 11 is 5.86. The molecule has 2 nitrogen and oxygen atoms in total. The van der Waals surface area contributed by atoms with Gasteiger partial charge in [0, 0.05) is 24.2 Å². The maximum atomic E-state index is 5.86. The van der Waals surface area contributed by atoms with Gasteiger partial charge in [0.05, 0.1) is 0 Å². The lowest BCUT2D eigenvalue weighted by Crippen LogP contribution is -2.34. The van der Waals surface area contributed by atoms with Crippen LogP contribution in [0.25, 0.3) is 0 Å².